The van der Waals surface area contributed by atoms with Gasteiger partial charge in [-0.2, -0.15) is 0 Å². The number of carbonyl (C=O) groups is 2. The predicted molar refractivity (Wildman–Crippen MR) is 99.5 cm³/mol. The highest BCUT2D eigenvalue weighted by molar-refractivity contribution is 5.89. The molecule has 1 aromatic rings. The van der Waals surface area contributed by atoms with E-state index in [4.69, 9.17) is 0 Å². The molecule has 2 saturated heterocycles. The number of aryl methyl sites for hydroxylation is 1. The molecular formula is C20H29N3O2. The van der Waals surface area contributed by atoms with Gasteiger partial charge in [0, 0.05) is 37.2 Å². The molecule has 25 heavy (non-hydrogen) atoms. The Bertz CT molecular complexity index is 599. The highest BCUT2D eigenvalue weighted by Gasteiger charge is 2.36. The van der Waals surface area contributed by atoms with Crippen LogP contribution in [0.2, 0.25) is 0 Å². The number of amides is 3. The molecule has 0 aromatic heterocycles. The van der Waals surface area contributed by atoms with E-state index >= 15 is 0 Å². The average molecular weight is 343 g/mol. The number of benzene rings is 1. The van der Waals surface area contributed by atoms with Crippen molar-refractivity contribution in [3.05, 3.63) is 29.8 Å². The summed E-state index contributed by atoms with van der Waals surface area (Å²) < 4.78 is 0. The van der Waals surface area contributed by atoms with Gasteiger partial charge in [-0.15, -0.1) is 0 Å². The molecule has 0 spiro atoms. The number of anilines is 1. The molecule has 2 N–H and O–H groups in total. The molecule has 2 fully saturated rings. The maximum absolute atomic E-state index is 12.8. The van der Waals surface area contributed by atoms with E-state index in [9.17, 15) is 9.59 Å². The first-order valence-electron chi connectivity index (χ1n) is 9.60. The van der Waals surface area contributed by atoms with Crippen molar-refractivity contribution < 1.29 is 9.59 Å². The van der Waals surface area contributed by atoms with E-state index in [0.29, 0.717) is 13.0 Å². The lowest BCUT2D eigenvalue weighted by molar-refractivity contribution is -0.119. The van der Waals surface area contributed by atoms with Crippen molar-refractivity contribution in [2.75, 3.05) is 18.4 Å². The van der Waals surface area contributed by atoms with Crippen molar-refractivity contribution in [1.82, 2.24) is 10.2 Å². The molecule has 5 heteroatoms. The van der Waals surface area contributed by atoms with Crippen molar-refractivity contribution in [3.63, 3.8) is 0 Å². The van der Waals surface area contributed by atoms with Crippen LogP contribution in [0.1, 0.15) is 51.0 Å². The maximum Gasteiger partial charge on any atom is 0.322 e. The fourth-order valence-corrected chi connectivity index (χ4v) is 3.93. The van der Waals surface area contributed by atoms with Crippen LogP contribution in [-0.2, 0) is 11.2 Å². The van der Waals surface area contributed by atoms with Crippen LogP contribution in [0.4, 0.5) is 10.5 Å². The van der Waals surface area contributed by atoms with E-state index in [1.165, 1.54) is 18.4 Å². The summed E-state index contributed by atoms with van der Waals surface area (Å²) in [5.74, 6) is 0.355. The molecule has 2 aliphatic rings. The largest absolute Gasteiger partial charge is 0.356 e. The van der Waals surface area contributed by atoms with Gasteiger partial charge in [0.2, 0.25) is 5.91 Å². The summed E-state index contributed by atoms with van der Waals surface area (Å²) in [6, 6.07) is 8.30. The molecule has 0 saturated carbocycles. The van der Waals surface area contributed by atoms with Crippen LogP contribution in [0.3, 0.4) is 0 Å². The summed E-state index contributed by atoms with van der Waals surface area (Å²) in [6.07, 6.45) is 7.16. The van der Waals surface area contributed by atoms with Crippen LogP contribution < -0.4 is 10.6 Å². The van der Waals surface area contributed by atoms with Crippen molar-refractivity contribution in [2.24, 2.45) is 5.92 Å². The second-order valence-electron chi connectivity index (χ2n) is 7.26. The average Bonchev–Trinajstić information content (AvgIpc) is 3.07. The zero-order valence-corrected chi connectivity index (χ0v) is 15.1. The Balaban J connectivity index is 1.61. The third-order valence-corrected chi connectivity index (χ3v) is 5.39. The molecule has 0 bridgehead atoms. The number of hydrogen-bond acceptors (Lipinski definition) is 2. The number of hydrogen-bond donors (Lipinski definition) is 2. The predicted octanol–water partition coefficient (Wildman–Crippen LogP) is 3.55. The van der Waals surface area contributed by atoms with Crippen LogP contribution in [0.25, 0.3) is 0 Å². The van der Waals surface area contributed by atoms with Crippen LogP contribution in [-0.4, -0.2) is 36.0 Å². The highest BCUT2D eigenvalue weighted by atomic mass is 16.2. The lowest BCUT2D eigenvalue weighted by atomic mass is 9.90. The van der Waals surface area contributed by atoms with Gasteiger partial charge in [-0.25, -0.2) is 4.79 Å². The van der Waals surface area contributed by atoms with Gasteiger partial charge in [-0.1, -0.05) is 25.5 Å². The normalized spacial score (nSPS) is 23.4. The molecule has 0 unspecified atom stereocenters. The van der Waals surface area contributed by atoms with Crippen molar-refractivity contribution in [3.8, 4) is 0 Å². The first-order chi connectivity index (χ1) is 12.2. The minimum Gasteiger partial charge on any atom is -0.356 e. The zero-order valence-electron chi connectivity index (χ0n) is 15.1. The van der Waals surface area contributed by atoms with E-state index in [0.717, 1.165) is 37.9 Å². The first kappa shape index (κ1) is 17.8. The number of urea groups is 1. The molecule has 0 aliphatic carbocycles. The molecule has 1 aromatic carbocycles. The van der Waals surface area contributed by atoms with Crippen molar-refractivity contribution in [2.45, 2.75) is 57.9 Å². The van der Waals surface area contributed by atoms with Gasteiger partial charge in [0.25, 0.3) is 0 Å². The Morgan fingerprint density at radius 2 is 2.08 bits per heavy atom. The van der Waals surface area contributed by atoms with Crippen LogP contribution in [0.5, 0.6) is 0 Å². The minimum absolute atomic E-state index is 0.0367. The topological polar surface area (TPSA) is 61.4 Å². The number of unbranched alkanes of at least 4 members (excludes halogenated alkanes) is 1. The Hall–Kier alpha value is -2.04. The third kappa shape index (κ3) is 4.53. The summed E-state index contributed by atoms with van der Waals surface area (Å²) in [7, 11) is 0. The number of rotatable bonds is 5. The SMILES string of the molecule is CCCCc1ccc(NC(=O)N2CCCC[C@@H]2[C@@H]2CNC(=O)C2)cc1. The fourth-order valence-electron chi connectivity index (χ4n) is 3.93. The second kappa shape index (κ2) is 8.37. The van der Waals surface area contributed by atoms with Crippen LogP contribution in [0.15, 0.2) is 24.3 Å². The first-order valence-corrected chi connectivity index (χ1v) is 9.60. The van der Waals surface area contributed by atoms with Gasteiger partial charge < -0.3 is 15.5 Å². The van der Waals surface area contributed by atoms with E-state index in [1.807, 2.05) is 17.0 Å². The van der Waals surface area contributed by atoms with Gasteiger partial charge in [-0.3, -0.25) is 4.79 Å². The Morgan fingerprint density at radius 1 is 1.28 bits per heavy atom. The summed E-state index contributed by atoms with van der Waals surface area (Å²) in [4.78, 5) is 26.3. The molecule has 0 radical (unpaired) electrons. The molecule has 2 atom stereocenters. The number of likely N-dealkylation sites (tertiary alicyclic amines) is 1. The number of nitrogens with zero attached hydrogens (tertiary/aromatic N) is 1. The standard InChI is InChI=1S/C20H29N3O2/c1-2-3-6-15-8-10-17(11-9-15)22-20(25)23-12-5-4-7-18(23)16-13-19(24)21-14-16/h8-11,16,18H,2-7,12-14H2,1H3,(H,21,24)(H,22,25)/t16-,18+/m0/s1. The Morgan fingerprint density at radius 3 is 2.76 bits per heavy atom. The molecule has 3 rings (SSSR count). The number of nitrogens with one attached hydrogen (secondary N) is 2. The lowest BCUT2D eigenvalue weighted by Gasteiger charge is -2.38. The number of carbonyl (C=O) groups excluding carboxylic acids is 2. The maximum atomic E-state index is 12.8. The highest BCUT2D eigenvalue weighted by Crippen LogP contribution is 2.28. The number of piperidine rings is 1. The van der Waals surface area contributed by atoms with Gasteiger partial charge in [0.15, 0.2) is 0 Å². The summed E-state index contributed by atoms with van der Waals surface area (Å²) in [6.45, 7) is 3.66. The smallest absolute Gasteiger partial charge is 0.322 e. The van der Waals surface area contributed by atoms with Crippen molar-refractivity contribution in [1.29, 1.82) is 0 Å². The Labute approximate surface area is 150 Å². The van der Waals surface area contributed by atoms with E-state index in [2.05, 4.69) is 29.7 Å². The van der Waals surface area contributed by atoms with Gasteiger partial charge >= 0.3 is 6.03 Å². The van der Waals surface area contributed by atoms with Crippen molar-refractivity contribution >= 4 is 17.6 Å². The van der Waals surface area contributed by atoms with Gasteiger partial charge in [-0.05, 0) is 49.8 Å². The van der Waals surface area contributed by atoms with Crippen LogP contribution >= 0.6 is 0 Å². The quantitative estimate of drug-likeness (QED) is 0.859. The Kier molecular flexibility index (Phi) is 5.95. The molecule has 3 amide bonds. The molecule has 5 nitrogen and oxygen atoms in total. The van der Waals surface area contributed by atoms with Gasteiger partial charge in [0.05, 0.1) is 0 Å². The summed E-state index contributed by atoms with van der Waals surface area (Å²) in [5, 5.41) is 5.94. The molecule has 2 heterocycles. The van der Waals surface area contributed by atoms with E-state index in [-0.39, 0.29) is 23.9 Å². The van der Waals surface area contributed by atoms with E-state index < -0.39 is 0 Å². The second-order valence-corrected chi connectivity index (χ2v) is 7.26. The third-order valence-electron chi connectivity index (χ3n) is 5.39. The summed E-state index contributed by atoms with van der Waals surface area (Å²) in [5.41, 5.74) is 2.15. The molecule has 2 aliphatic heterocycles. The minimum atomic E-state index is -0.0367. The van der Waals surface area contributed by atoms with E-state index in [1.54, 1.807) is 0 Å². The molecule has 136 valence electrons. The lowest BCUT2D eigenvalue weighted by Crippen LogP contribution is -2.49. The summed E-state index contributed by atoms with van der Waals surface area (Å²) >= 11 is 0. The van der Waals surface area contributed by atoms with Gasteiger partial charge in [0.1, 0.15) is 0 Å². The zero-order chi connectivity index (χ0) is 17.6. The monoisotopic (exact) mass is 343 g/mol. The molecular weight excluding hydrogens is 314 g/mol. The fraction of sp³-hybridized carbons (Fsp3) is 0.600. The van der Waals surface area contributed by atoms with Crippen LogP contribution in [0, 0.1) is 5.92 Å².